The Morgan fingerprint density at radius 1 is 1.29 bits per heavy atom. The molecular formula is C21H29N3O2S2. The van der Waals surface area contributed by atoms with E-state index in [0.717, 1.165) is 42.3 Å². The van der Waals surface area contributed by atoms with Gasteiger partial charge in [0.15, 0.2) is 5.16 Å². The van der Waals surface area contributed by atoms with Crippen LogP contribution < -0.4 is 10.9 Å². The zero-order chi connectivity index (χ0) is 19.7. The van der Waals surface area contributed by atoms with Gasteiger partial charge < -0.3 is 5.32 Å². The minimum Gasteiger partial charge on any atom is -0.353 e. The van der Waals surface area contributed by atoms with E-state index in [1.165, 1.54) is 41.5 Å². The first-order valence-electron chi connectivity index (χ1n) is 10.5. The normalized spacial score (nSPS) is 20.3. The summed E-state index contributed by atoms with van der Waals surface area (Å²) in [5.41, 5.74) is 1.29. The third-order valence-electron chi connectivity index (χ3n) is 6.00. The Labute approximate surface area is 174 Å². The summed E-state index contributed by atoms with van der Waals surface area (Å²) in [4.78, 5) is 32.6. The maximum Gasteiger partial charge on any atom is 0.263 e. The van der Waals surface area contributed by atoms with Crippen LogP contribution in [0.5, 0.6) is 0 Å². The molecule has 2 aromatic rings. The van der Waals surface area contributed by atoms with Crippen LogP contribution in [0, 0.1) is 5.92 Å². The molecule has 5 nitrogen and oxygen atoms in total. The number of aryl methyl sites for hydroxylation is 1. The first-order valence-corrected chi connectivity index (χ1v) is 12.3. The molecule has 1 amide bonds. The van der Waals surface area contributed by atoms with E-state index < -0.39 is 0 Å². The van der Waals surface area contributed by atoms with E-state index in [0.29, 0.717) is 29.4 Å². The highest BCUT2D eigenvalue weighted by Crippen LogP contribution is 2.36. The molecule has 7 heteroatoms. The highest BCUT2D eigenvalue weighted by Gasteiger charge is 2.25. The van der Waals surface area contributed by atoms with Crippen molar-refractivity contribution in [1.29, 1.82) is 0 Å². The molecule has 1 N–H and O–H groups in total. The van der Waals surface area contributed by atoms with Gasteiger partial charge in [0.25, 0.3) is 5.56 Å². The number of hydrogen-bond donors (Lipinski definition) is 1. The molecule has 0 radical (unpaired) electrons. The summed E-state index contributed by atoms with van der Waals surface area (Å²) in [7, 11) is 0. The average molecular weight is 420 g/mol. The molecule has 1 atom stereocenters. The van der Waals surface area contributed by atoms with E-state index in [1.807, 2.05) is 6.92 Å². The number of rotatable bonds is 5. The molecule has 2 aromatic heterocycles. The molecule has 28 heavy (non-hydrogen) atoms. The topological polar surface area (TPSA) is 64.0 Å². The van der Waals surface area contributed by atoms with E-state index in [4.69, 9.17) is 4.98 Å². The molecular weight excluding hydrogens is 390 g/mol. The van der Waals surface area contributed by atoms with Gasteiger partial charge in [-0.1, -0.05) is 37.9 Å². The predicted molar refractivity (Wildman–Crippen MR) is 116 cm³/mol. The van der Waals surface area contributed by atoms with Crippen molar-refractivity contribution in [3.05, 3.63) is 20.8 Å². The van der Waals surface area contributed by atoms with Gasteiger partial charge in [0, 0.05) is 17.5 Å². The smallest absolute Gasteiger partial charge is 0.263 e. The van der Waals surface area contributed by atoms with Crippen LogP contribution in [0.25, 0.3) is 10.2 Å². The minimum absolute atomic E-state index is 0.0493. The molecule has 1 fully saturated rings. The second kappa shape index (κ2) is 8.57. The van der Waals surface area contributed by atoms with E-state index >= 15 is 0 Å². The average Bonchev–Trinajstić information content (AvgIpc) is 3.04. The van der Waals surface area contributed by atoms with Gasteiger partial charge in [-0.05, 0) is 50.5 Å². The van der Waals surface area contributed by atoms with Gasteiger partial charge in [-0.2, -0.15) is 0 Å². The predicted octanol–water partition coefficient (Wildman–Crippen LogP) is 4.14. The van der Waals surface area contributed by atoms with Crippen molar-refractivity contribution in [3.8, 4) is 0 Å². The molecule has 2 heterocycles. The van der Waals surface area contributed by atoms with E-state index in [2.05, 4.69) is 12.2 Å². The van der Waals surface area contributed by atoms with Crippen LogP contribution in [0.3, 0.4) is 0 Å². The van der Waals surface area contributed by atoms with Crippen molar-refractivity contribution in [2.75, 3.05) is 5.75 Å². The monoisotopic (exact) mass is 419 g/mol. The first-order chi connectivity index (χ1) is 13.6. The lowest BCUT2D eigenvalue weighted by molar-refractivity contribution is -0.119. The van der Waals surface area contributed by atoms with Crippen LogP contribution in [0.15, 0.2) is 9.95 Å². The Morgan fingerprint density at radius 2 is 2.07 bits per heavy atom. The molecule has 2 aliphatic carbocycles. The third kappa shape index (κ3) is 4.01. The molecule has 1 saturated carbocycles. The molecule has 4 rings (SSSR count). The van der Waals surface area contributed by atoms with Gasteiger partial charge in [-0.25, -0.2) is 4.98 Å². The minimum atomic E-state index is 0.0493. The Hall–Kier alpha value is -1.34. The van der Waals surface area contributed by atoms with Crippen molar-refractivity contribution in [2.24, 2.45) is 5.92 Å². The molecule has 0 bridgehead atoms. The first kappa shape index (κ1) is 20.0. The molecule has 0 aliphatic heterocycles. The number of aromatic nitrogens is 2. The van der Waals surface area contributed by atoms with Gasteiger partial charge in [0.2, 0.25) is 5.91 Å². The number of nitrogens with one attached hydrogen (secondary N) is 1. The van der Waals surface area contributed by atoms with Crippen LogP contribution in [0.4, 0.5) is 0 Å². The van der Waals surface area contributed by atoms with Gasteiger partial charge in [-0.15, -0.1) is 11.3 Å². The fourth-order valence-corrected chi connectivity index (χ4v) is 6.74. The zero-order valence-electron chi connectivity index (χ0n) is 16.8. The summed E-state index contributed by atoms with van der Waals surface area (Å²) in [5, 5.41) is 4.65. The van der Waals surface area contributed by atoms with Crippen molar-refractivity contribution in [2.45, 2.75) is 83.0 Å². The number of carbonyl (C=O) groups excluding carboxylic acids is 1. The Morgan fingerprint density at radius 3 is 2.82 bits per heavy atom. The van der Waals surface area contributed by atoms with Crippen molar-refractivity contribution in [3.63, 3.8) is 0 Å². The second-order valence-electron chi connectivity index (χ2n) is 8.17. The SMILES string of the molecule is CCn1c(SCC(=O)NC2CCCCC2)nc2sc3c(c2c1=O)CC[C@H](C)C3. The Balaban J connectivity index is 1.55. The molecule has 0 aromatic carbocycles. The lowest BCUT2D eigenvalue weighted by Gasteiger charge is -2.22. The van der Waals surface area contributed by atoms with E-state index in [-0.39, 0.29) is 11.5 Å². The molecule has 152 valence electrons. The van der Waals surface area contributed by atoms with Crippen LogP contribution in [0.1, 0.15) is 62.8 Å². The summed E-state index contributed by atoms with van der Waals surface area (Å²) < 4.78 is 1.74. The summed E-state index contributed by atoms with van der Waals surface area (Å²) in [5.74, 6) is 1.04. The van der Waals surface area contributed by atoms with Crippen LogP contribution >= 0.6 is 23.1 Å². The number of hydrogen-bond acceptors (Lipinski definition) is 5. The van der Waals surface area contributed by atoms with Crippen LogP contribution in [-0.4, -0.2) is 27.3 Å². The van der Waals surface area contributed by atoms with Gasteiger partial charge >= 0.3 is 0 Å². The number of carbonyl (C=O) groups is 1. The Kier molecular flexibility index (Phi) is 6.11. The summed E-state index contributed by atoms with van der Waals surface area (Å²) in [6.07, 6.45) is 9.01. The number of thioether (sulfide) groups is 1. The highest BCUT2D eigenvalue weighted by atomic mass is 32.2. The third-order valence-corrected chi connectivity index (χ3v) is 8.12. The molecule has 2 aliphatic rings. The zero-order valence-corrected chi connectivity index (χ0v) is 18.4. The summed E-state index contributed by atoms with van der Waals surface area (Å²) in [6.45, 7) is 4.83. The van der Waals surface area contributed by atoms with Crippen LogP contribution in [0.2, 0.25) is 0 Å². The summed E-state index contributed by atoms with van der Waals surface area (Å²) in [6, 6.07) is 0.316. The van der Waals surface area contributed by atoms with Crippen LogP contribution in [-0.2, 0) is 24.2 Å². The van der Waals surface area contributed by atoms with E-state index in [1.54, 1.807) is 15.9 Å². The van der Waals surface area contributed by atoms with Crippen molar-refractivity contribution >= 4 is 39.2 Å². The fraction of sp³-hybridized carbons (Fsp3) is 0.667. The largest absolute Gasteiger partial charge is 0.353 e. The lowest BCUT2D eigenvalue weighted by Crippen LogP contribution is -2.37. The molecule has 0 unspecified atom stereocenters. The van der Waals surface area contributed by atoms with Gasteiger partial charge in [0.05, 0.1) is 11.1 Å². The maximum absolute atomic E-state index is 13.2. The second-order valence-corrected chi connectivity index (χ2v) is 10.2. The lowest BCUT2D eigenvalue weighted by atomic mass is 9.89. The summed E-state index contributed by atoms with van der Waals surface area (Å²) >= 11 is 3.07. The number of fused-ring (bicyclic) bond motifs is 3. The number of amides is 1. The number of thiophene rings is 1. The maximum atomic E-state index is 13.2. The Bertz CT molecular complexity index is 928. The standard InChI is InChI=1S/C21H29N3O2S2/c1-3-24-20(26)18-15-10-9-13(2)11-16(15)28-19(18)23-21(24)27-12-17(25)22-14-7-5-4-6-8-14/h13-14H,3-12H2,1-2H3,(H,22,25)/t13-/m0/s1. The van der Waals surface area contributed by atoms with Crippen molar-refractivity contribution in [1.82, 2.24) is 14.9 Å². The van der Waals surface area contributed by atoms with Gasteiger partial charge in [-0.3, -0.25) is 14.2 Å². The number of nitrogens with zero attached hydrogens (tertiary/aromatic N) is 2. The molecule has 0 spiro atoms. The van der Waals surface area contributed by atoms with Gasteiger partial charge in [0.1, 0.15) is 4.83 Å². The van der Waals surface area contributed by atoms with Crippen molar-refractivity contribution < 1.29 is 4.79 Å². The quantitative estimate of drug-likeness (QED) is 0.584. The fourth-order valence-electron chi connectivity index (χ4n) is 4.44. The van der Waals surface area contributed by atoms with E-state index in [9.17, 15) is 9.59 Å². The highest BCUT2D eigenvalue weighted by molar-refractivity contribution is 7.99. The molecule has 0 saturated heterocycles.